The lowest BCUT2D eigenvalue weighted by Gasteiger charge is -2.13. The Hall–Kier alpha value is -5.55. The summed E-state index contributed by atoms with van der Waals surface area (Å²) in [5, 5.41) is 5.72. The van der Waals surface area contributed by atoms with E-state index in [1.165, 1.54) is 11.6 Å². The van der Waals surface area contributed by atoms with E-state index in [-0.39, 0.29) is 29.6 Å². The molecule has 0 heterocycles. The molecule has 0 aliphatic rings. The Bertz CT molecular complexity index is 1770. The van der Waals surface area contributed by atoms with E-state index in [0.29, 0.717) is 16.9 Å². The molecule has 0 saturated carbocycles. The van der Waals surface area contributed by atoms with Crippen LogP contribution in [0.4, 0.5) is 11.4 Å². The van der Waals surface area contributed by atoms with Gasteiger partial charge in [0.1, 0.15) is 0 Å². The molecule has 0 bridgehead atoms. The lowest BCUT2D eigenvalue weighted by atomic mass is 10.0. The Balaban J connectivity index is 1.30. The molecule has 2 N–H and O–H groups in total. The van der Waals surface area contributed by atoms with E-state index >= 15 is 0 Å². The van der Waals surface area contributed by atoms with Gasteiger partial charge >= 0.3 is 0 Å². The van der Waals surface area contributed by atoms with Gasteiger partial charge in [0.05, 0.1) is 12.1 Å². The van der Waals surface area contributed by atoms with Crippen molar-refractivity contribution in [2.24, 2.45) is 0 Å². The van der Waals surface area contributed by atoms with Gasteiger partial charge in [-0.25, -0.2) is 0 Å². The summed E-state index contributed by atoms with van der Waals surface area (Å²) in [6.07, 6.45) is 3.37. The minimum Gasteiger partial charge on any atom is -0.325 e. The Kier molecular flexibility index (Phi) is 9.03. The average Bonchev–Trinajstić information content (AvgIpc) is 3.02. The number of anilines is 2. The van der Waals surface area contributed by atoms with Crippen molar-refractivity contribution in [3.63, 3.8) is 0 Å². The van der Waals surface area contributed by atoms with Gasteiger partial charge in [0, 0.05) is 22.9 Å². The molecule has 0 spiro atoms. The number of hydrogen-bond donors (Lipinski definition) is 2. The van der Waals surface area contributed by atoms with Gasteiger partial charge in [0.15, 0.2) is 5.78 Å². The van der Waals surface area contributed by atoms with Gasteiger partial charge in [-0.2, -0.15) is 0 Å². The summed E-state index contributed by atoms with van der Waals surface area (Å²) < 4.78 is 0. The van der Waals surface area contributed by atoms with E-state index in [0.717, 1.165) is 27.8 Å². The molecule has 0 aliphatic carbocycles. The molecule has 0 radical (unpaired) electrons. The van der Waals surface area contributed by atoms with E-state index in [4.69, 9.17) is 0 Å². The minimum atomic E-state index is -0.336. The first-order valence-corrected chi connectivity index (χ1v) is 14.1. The van der Waals surface area contributed by atoms with Crippen LogP contribution in [-0.2, 0) is 16.0 Å². The van der Waals surface area contributed by atoms with Crippen LogP contribution in [0.3, 0.4) is 0 Å². The average molecular weight is 565 g/mol. The lowest BCUT2D eigenvalue weighted by Crippen LogP contribution is -2.18. The summed E-state index contributed by atoms with van der Waals surface area (Å²) in [5.74, 6) is -0.831. The number of benzene rings is 5. The van der Waals surface area contributed by atoms with E-state index in [1.807, 2.05) is 61.5 Å². The van der Waals surface area contributed by atoms with Crippen LogP contribution in [0.25, 0.3) is 17.2 Å². The first-order valence-electron chi connectivity index (χ1n) is 14.1. The molecular formula is C38H32N2O3. The number of ketones is 1. The molecule has 212 valence electrons. The van der Waals surface area contributed by atoms with Crippen LogP contribution < -0.4 is 10.6 Å². The fraction of sp³-hybridized carbons (Fsp3) is 0.0789. The molecule has 5 rings (SSSR count). The second-order valence-corrected chi connectivity index (χ2v) is 10.5. The standard InChI is InChI=1S/C38H32N2O3/c1-26-8-12-29(13-9-26)24-37(42)40-35-22-21-33(25-34(35)38(43)32-6-4-3-5-7-32)39-36(41)23-16-28-14-19-31(20-15-28)30-17-10-27(2)11-18-30/h3-23,25H,24H2,1-2H3,(H,39,41)(H,40,42)/b23-16+. The van der Waals surface area contributed by atoms with Gasteiger partial charge in [-0.15, -0.1) is 0 Å². The fourth-order valence-electron chi connectivity index (χ4n) is 4.64. The summed E-state index contributed by atoms with van der Waals surface area (Å²) in [5.41, 5.74) is 7.92. The Morgan fingerprint density at radius 3 is 1.91 bits per heavy atom. The van der Waals surface area contributed by atoms with Gasteiger partial charge in [0.25, 0.3) is 0 Å². The molecular weight excluding hydrogens is 532 g/mol. The highest BCUT2D eigenvalue weighted by Gasteiger charge is 2.17. The second kappa shape index (κ2) is 13.4. The Morgan fingerprint density at radius 2 is 1.26 bits per heavy atom. The van der Waals surface area contributed by atoms with Crippen LogP contribution in [-0.4, -0.2) is 17.6 Å². The van der Waals surface area contributed by atoms with Crippen molar-refractivity contribution in [1.29, 1.82) is 0 Å². The van der Waals surface area contributed by atoms with Crippen molar-refractivity contribution in [3.8, 4) is 11.1 Å². The first-order chi connectivity index (χ1) is 20.8. The van der Waals surface area contributed by atoms with Crippen LogP contribution in [0.5, 0.6) is 0 Å². The number of rotatable bonds is 9. The molecule has 0 aromatic heterocycles. The molecule has 0 unspecified atom stereocenters. The van der Waals surface area contributed by atoms with E-state index in [1.54, 1.807) is 48.5 Å². The molecule has 43 heavy (non-hydrogen) atoms. The molecule has 0 fully saturated rings. The number of carbonyl (C=O) groups is 3. The Labute approximate surface area is 251 Å². The smallest absolute Gasteiger partial charge is 0.248 e. The van der Waals surface area contributed by atoms with E-state index in [2.05, 4.69) is 41.8 Å². The quantitative estimate of drug-likeness (QED) is 0.141. The number of amides is 2. The third-order valence-corrected chi connectivity index (χ3v) is 7.05. The van der Waals surface area contributed by atoms with Crippen LogP contribution in [0.1, 0.15) is 38.2 Å². The van der Waals surface area contributed by atoms with Gasteiger partial charge in [-0.3, -0.25) is 14.4 Å². The third kappa shape index (κ3) is 7.80. The Morgan fingerprint density at radius 1 is 0.651 bits per heavy atom. The highest BCUT2D eigenvalue weighted by atomic mass is 16.2. The maximum Gasteiger partial charge on any atom is 0.248 e. The predicted octanol–water partition coefficient (Wildman–Crippen LogP) is 8.03. The van der Waals surface area contributed by atoms with Gasteiger partial charge in [-0.1, -0.05) is 114 Å². The van der Waals surface area contributed by atoms with Crippen molar-refractivity contribution >= 4 is 35.0 Å². The largest absolute Gasteiger partial charge is 0.325 e. The summed E-state index contributed by atoms with van der Waals surface area (Å²) in [6.45, 7) is 4.05. The normalized spacial score (nSPS) is 10.8. The number of nitrogens with one attached hydrogen (secondary N) is 2. The summed E-state index contributed by atoms with van der Waals surface area (Å²) in [4.78, 5) is 39.1. The highest BCUT2D eigenvalue weighted by molar-refractivity contribution is 6.15. The van der Waals surface area contributed by atoms with E-state index in [9.17, 15) is 14.4 Å². The maximum absolute atomic E-state index is 13.5. The van der Waals surface area contributed by atoms with Crippen LogP contribution in [0.2, 0.25) is 0 Å². The zero-order valence-corrected chi connectivity index (χ0v) is 24.1. The molecule has 0 atom stereocenters. The van der Waals surface area contributed by atoms with Crippen molar-refractivity contribution in [3.05, 3.63) is 161 Å². The highest BCUT2D eigenvalue weighted by Crippen LogP contribution is 2.25. The zero-order valence-electron chi connectivity index (χ0n) is 24.1. The van der Waals surface area contributed by atoms with Crippen molar-refractivity contribution in [2.75, 3.05) is 10.6 Å². The second-order valence-electron chi connectivity index (χ2n) is 10.5. The van der Waals surface area contributed by atoms with Gasteiger partial charge < -0.3 is 10.6 Å². The van der Waals surface area contributed by atoms with Gasteiger partial charge in [-0.05, 0) is 60.4 Å². The van der Waals surface area contributed by atoms with Crippen LogP contribution in [0, 0.1) is 13.8 Å². The SMILES string of the molecule is Cc1ccc(CC(=O)Nc2ccc(NC(=O)/C=C/c3ccc(-c4ccc(C)cc4)cc3)cc2C(=O)c2ccccc2)cc1. The maximum atomic E-state index is 13.5. The molecule has 5 aromatic carbocycles. The molecule has 2 amide bonds. The number of carbonyl (C=O) groups excluding carboxylic acids is 3. The number of hydrogen-bond acceptors (Lipinski definition) is 3. The van der Waals surface area contributed by atoms with Gasteiger partial charge in [0.2, 0.25) is 11.8 Å². The first kappa shape index (κ1) is 29.0. The number of aryl methyl sites for hydroxylation is 2. The van der Waals surface area contributed by atoms with Crippen molar-refractivity contribution in [1.82, 2.24) is 0 Å². The third-order valence-electron chi connectivity index (χ3n) is 7.05. The fourth-order valence-corrected chi connectivity index (χ4v) is 4.64. The monoisotopic (exact) mass is 564 g/mol. The predicted molar refractivity (Wildman–Crippen MR) is 174 cm³/mol. The lowest BCUT2D eigenvalue weighted by molar-refractivity contribution is -0.115. The molecule has 5 aromatic rings. The van der Waals surface area contributed by atoms with Crippen LogP contribution in [0.15, 0.2) is 127 Å². The topological polar surface area (TPSA) is 75.3 Å². The summed E-state index contributed by atoms with van der Waals surface area (Å²) in [6, 6.07) is 37.8. The molecule has 0 saturated heterocycles. The minimum absolute atomic E-state index is 0.175. The van der Waals surface area contributed by atoms with Crippen molar-refractivity contribution < 1.29 is 14.4 Å². The summed E-state index contributed by atoms with van der Waals surface area (Å²) in [7, 11) is 0. The summed E-state index contributed by atoms with van der Waals surface area (Å²) >= 11 is 0. The van der Waals surface area contributed by atoms with Crippen LogP contribution >= 0.6 is 0 Å². The molecule has 5 heteroatoms. The molecule has 0 aliphatic heterocycles. The molecule has 5 nitrogen and oxygen atoms in total. The zero-order chi connectivity index (χ0) is 30.2. The van der Waals surface area contributed by atoms with E-state index < -0.39 is 0 Å². The van der Waals surface area contributed by atoms with Crippen molar-refractivity contribution in [2.45, 2.75) is 20.3 Å².